The highest BCUT2D eigenvalue weighted by molar-refractivity contribution is 7.14. The van der Waals surface area contributed by atoms with E-state index >= 15 is 0 Å². The van der Waals surface area contributed by atoms with Crippen molar-refractivity contribution in [3.8, 4) is 22.8 Å². The number of hydrogen-bond acceptors (Lipinski definition) is 5. The lowest BCUT2D eigenvalue weighted by Gasteiger charge is -2.08. The summed E-state index contributed by atoms with van der Waals surface area (Å²) in [6.45, 7) is 0. The van der Waals surface area contributed by atoms with Crippen LogP contribution in [0.1, 0.15) is 10.4 Å². The molecule has 26 heavy (non-hydrogen) atoms. The van der Waals surface area contributed by atoms with Crippen LogP contribution >= 0.6 is 34.5 Å². The van der Waals surface area contributed by atoms with Crippen LogP contribution in [0.3, 0.4) is 0 Å². The van der Waals surface area contributed by atoms with Crippen LogP contribution in [0.4, 0.5) is 5.13 Å². The second-order valence-corrected chi connectivity index (χ2v) is 6.95. The number of amides is 1. The Morgan fingerprint density at radius 1 is 1.08 bits per heavy atom. The topological polar surface area (TPSA) is 60.5 Å². The van der Waals surface area contributed by atoms with Crippen molar-refractivity contribution in [2.75, 3.05) is 19.5 Å². The molecule has 0 radical (unpaired) electrons. The minimum Gasteiger partial charge on any atom is -0.497 e. The highest BCUT2D eigenvalue weighted by Gasteiger charge is 2.14. The number of halogens is 2. The van der Waals surface area contributed by atoms with Crippen molar-refractivity contribution in [2.24, 2.45) is 0 Å². The summed E-state index contributed by atoms with van der Waals surface area (Å²) in [5.74, 6) is 1.01. The van der Waals surface area contributed by atoms with Crippen molar-refractivity contribution in [1.82, 2.24) is 4.98 Å². The Kier molecular flexibility index (Phi) is 5.66. The fourth-order valence-corrected chi connectivity index (χ4v) is 3.55. The van der Waals surface area contributed by atoms with Crippen LogP contribution in [0.5, 0.6) is 11.5 Å². The van der Waals surface area contributed by atoms with Crippen LogP contribution in [-0.4, -0.2) is 25.1 Å². The van der Waals surface area contributed by atoms with Gasteiger partial charge < -0.3 is 9.47 Å². The fraction of sp³-hybridized carbons (Fsp3) is 0.111. The Hall–Kier alpha value is -2.28. The van der Waals surface area contributed by atoms with E-state index in [1.54, 1.807) is 44.6 Å². The summed E-state index contributed by atoms with van der Waals surface area (Å²) in [6.07, 6.45) is 0. The summed E-state index contributed by atoms with van der Waals surface area (Å²) in [5.41, 5.74) is 1.80. The summed E-state index contributed by atoms with van der Waals surface area (Å²) in [5, 5.41) is 5.81. The number of hydrogen-bond donors (Lipinski definition) is 1. The summed E-state index contributed by atoms with van der Waals surface area (Å²) >= 11 is 13.2. The van der Waals surface area contributed by atoms with E-state index in [0.717, 1.165) is 5.56 Å². The number of benzene rings is 2. The summed E-state index contributed by atoms with van der Waals surface area (Å²) in [6, 6.07) is 10.1. The zero-order chi connectivity index (χ0) is 18.7. The van der Waals surface area contributed by atoms with Gasteiger partial charge in [0.2, 0.25) is 0 Å². The van der Waals surface area contributed by atoms with E-state index in [0.29, 0.717) is 37.9 Å². The van der Waals surface area contributed by atoms with Gasteiger partial charge in [0.15, 0.2) is 5.13 Å². The third-order valence-corrected chi connectivity index (χ3v) is 4.73. The molecule has 0 spiro atoms. The highest BCUT2D eigenvalue weighted by Crippen LogP contribution is 2.35. The van der Waals surface area contributed by atoms with Gasteiger partial charge in [0, 0.05) is 26.6 Å². The molecule has 3 aromatic rings. The minimum absolute atomic E-state index is 0.340. The zero-order valence-electron chi connectivity index (χ0n) is 13.9. The van der Waals surface area contributed by atoms with E-state index in [-0.39, 0.29) is 5.91 Å². The van der Waals surface area contributed by atoms with E-state index in [1.165, 1.54) is 11.3 Å². The molecule has 8 heteroatoms. The van der Waals surface area contributed by atoms with E-state index in [1.807, 2.05) is 11.4 Å². The number of thiazole rings is 1. The number of methoxy groups -OCH3 is 2. The van der Waals surface area contributed by atoms with Gasteiger partial charge in [-0.15, -0.1) is 11.3 Å². The Balaban J connectivity index is 1.85. The van der Waals surface area contributed by atoms with Gasteiger partial charge in [0.05, 0.1) is 19.9 Å². The summed E-state index contributed by atoms with van der Waals surface area (Å²) in [4.78, 5) is 16.8. The number of nitrogens with one attached hydrogen (secondary N) is 1. The molecule has 0 aliphatic heterocycles. The van der Waals surface area contributed by atoms with Gasteiger partial charge in [0.25, 0.3) is 5.91 Å². The lowest BCUT2D eigenvalue weighted by Crippen LogP contribution is -2.11. The third-order valence-electron chi connectivity index (χ3n) is 3.53. The van der Waals surface area contributed by atoms with Crippen LogP contribution in [0.15, 0.2) is 41.8 Å². The van der Waals surface area contributed by atoms with E-state index < -0.39 is 0 Å². The van der Waals surface area contributed by atoms with Gasteiger partial charge in [-0.25, -0.2) is 4.98 Å². The second-order valence-electron chi connectivity index (χ2n) is 5.22. The molecule has 0 bridgehead atoms. The molecule has 5 nitrogen and oxygen atoms in total. The molecule has 1 N–H and O–H groups in total. The SMILES string of the molecule is COc1ccc(OC)c(-c2csc(NC(=O)c3cc(Cl)cc(Cl)c3)n2)c1. The van der Waals surface area contributed by atoms with Crippen molar-refractivity contribution in [3.63, 3.8) is 0 Å². The van der Waals surface area contributed by atoms with Crippen LogP contribution in [0.25, 0.3) is 11.3 Å². The van der Waals surface area contributed by atoms with Crippen LogP contribution in [0, 0.1) is 0 Å². The molecule has 0 fully saturated rings. The first-order valence-electron chi connectivity index (χ1n) is 7.45. The average Bonchev–Trinajstić information content (AvgIpc) is 3.08. The average molecular weight is 409 g/mol. The summed E-state index contributed by atoms with van der Waals surface area (Å²) < 4.78 is 10.6. The van der Waals surface area contributed by atoms with Gasteiger partial charge in [-0.05, 0) is 36.4 Å². The Morgan fingerprint density at radius 3 is 2.46 bits per heavy atom. The van der Waals surface area contributed by atoms with E-state index in [2.05, 4.69) is 10.3 Å². The van der Waals surface area contributed by atoms with Crippen molar-refractivity contribution in [1.29, 1.82) is 0 Å². The predicted octanol–water partition coefficient (Wildman–Crippen LogP) is 5.39. The molecule has 134 valence electrons. The van der Waals surface area contributed by atoms with Crippen molar-refractivity contribution in [2.45, 2.75) is 0 Å². The lowest BCUT2D eigenvalue weighted by atomic mass is 10.1. The van der Waals surface area contributed by atoms with E-state index in [4.69, 9.17) is 32.7 Å². The molecule has 0 unspecified atom stereocenters. The number of ether oxygens (including phenoxy) is 2. The molecule has 2 aromatic carbocycles. The normalized spacial score (nSPS) is 10.5. The number of rotatable bonds is 5. The van der Waals surface area contributed by atoms with Crippen LogP contribution in [-0.2, 0) is 0 Å². The first kappa shape index (κ1) is 18.5. The van der Waals surface area contributed by atoms with E-state index in [9.17, 15) is 4.79 Å². The first-order valence-corrected chi connectivity index (χ1v) is 9.09. The molecule has 1 heterocycles. The molecular weight excluding hydrogens is 395 g/mol. The van der Waals surface area contributed by atoms with Gasteiger partial charge in [-0.3, -0.25) is 10.1 Å². The molecule has 1 aromatic heterocycles. The molecule has 1 amide bonds. The lowest BCUT2D eigenvalue weighted by molar-refractivity contribution is 0.102. The van der Waals surface area contributed by atoms with Crippen molar-refractivity contribution < 1.29 is 14.3 Å². The van der Waals surface area contributed by atoms with Crippen molar-refractivity contribution >= 4 is 45.6 Å². The number of aromatic nitrogens is 1. The minimum atomic E-state index is -0.340. The zero-order valence-corrected chi connectivity index (χ0v) is 16.2. The number of anilines is 1. The van der Waals surface area contributed by atoms with Gasteiger partial charge in [-0.2, -0.15) is 0 Å². The molecule has 0 aliphatic rings. The Morgan fingerprint density at radius 2 is 1.81 bits per heavy atom. The van der Waals surface area contributed by atoms with Gasteiger partial charge in [-0.1, -0.05) is 23.2 Å². The number of nitrogens with zero attached hydrogens (tertiary/aromatic N) is 1. The number of carbonyl (C=O) groups excluding carboxylic acids is 1. The maximum Gasteiger partial charge on any atom is 0.257 e. The predicted molar refractivity (Wildman–Crippen MR) is 105 cm³/mol. The monoisotopic (exact) mass is 408 g/mol. The molecule has 0 atom stereocenters. The standard InChI is InChI=1S/C18H14Cl2N2O3S/c1-24-13-3-4-16(25-2)14(8-13)15-9-26-18(21-15)22-17(23)10-5-11(19)7-12(20)6-10/h3-9H,1-2H3,(H,21,22,23). The quantitative estimate of drug-likeness (QED) is 0.614. The smallest absolute Gasteiger partial charge is 0.257 e. The Labute approximate surface area is 164 Å². The molecule has 0 saturated heterocycles. The second kappa shape index (κ2) is 7.95. The first-order chi connectivity index (χ1) is 12.5. The van der Waals surface area contributed by atoms with Gasteiger partial charge >= 0.3 is 0 Å². The molecular formula is C18H14Cl2N2O3S. The molecule has 3 rings (SSSR count). The fourth-order valence-electron chi connectivity index (χ4n) is 2.32. The largest absolute Gasteiger partial charge is 0.497 e. The van der Waals surface area contributed by atoms with Crippen molar-refractivity contribution in [3.05, 3.63) is 57.4 Å². The van der Waals surface area contributed by atoms with Crippen LogP contribution in [0.2, 0.25) is 10.0 Å². The molecule has 0 saturated carbocycles. The maximum absolute atomic E-state index is 12.4. The summed E-state index contributed by atoms with van der Waals surface area (Å²) in [7, 11) is 3.18. The molecule has 0 aliphatic carbocycles. The highest BCUT2D eigenvalue weighted by atomic mass is 35.5. The third kappa shape index (κ3) is 4.09. The number of carbonyl (C=O) groups is 1. The van der Waals surface area contributed by atoms with Gasteiger partial charge in [0.1, 0.15) is 11.5 Å². The Bertz CT molecular complexity index is 939. The van der Waals surface area contributed by atoms with Crippen LogP contribution < -0.4 is 14.8 Å². The maximum atomic E-state index is 12.4.